The van der Waals surface area contributed by atoms with Crippen molar-refractivity contribution >= 4 is 5.95 Å². The molecule has 2 aromatic rings. The molecule has 3 rings (SSSR count). The van der Waals surface area contributed by atoms with Crippen molar-refractivity contribution in [1.29, 1.82) is 0 Å². The van der Waals surface area contributed by atoms with Crippen LogP contribution in [0.2, 0.25) is 0 Å². The first-order valence-electron chi connectivity index (χ1n) is 6.20. The molecule has 0 radical (unpaired) electrons. The number of aryl methyl sites for hydroxylation is 1. The topological polar surface area (TPSA) is 66.5 Å². The second-order valence-electron chi connectivity index (χ2n) is 4.72. The number of anilines is 1. The number of aromatic amines is 1. The van der Waals surface area contributed by atoms with Gasteiger partial charge in [0.15, 0.2) is 0 Å². The summed E-state index contributed by atoms with van der Waals surface area (Å²) in [5.74, 6) is 0.0109. The summed E-state index contributed by atoms with van der Waals surface area (Å²) in [6, 6.07) is 0.879. The van der Waals surface area contributed by atoms with Crippen LogP contribution in [0.25, 0.3) is 0 Å². The average molecular weight is 283 g/mol. The van der Waals surface area contributed by atoms with E-state index in [-0.39, 0.29) is 12.0 Å². The highest BCUT2D eigenvalue weighted by molar-refractivity contribution is 5.31. The van der Waals surface area contributed by atoms with Crippen LogP contribution >= 0.6 is 0 Å². The third-order valence-corrected chi connectivity index (χ3v) is 3.30. The summed E-state index contributed by atoms with van der Waals surface area (Å²) in [4.78, 5) is 7.36. The van der Waals surface area contributed by atoms with Gasteiger partial charge >= 0.3 is 6.18 Å². The van der Waals surface area contributed by atoms with Crippen LogP contribution in [0.15, 0.2) is 18.5 Å². The van der Waals surface area contributed by atoms with Gasteiger partial charge in [-0.25, -0.2) is 9.97 Å². The molecule has 0 aliphatic heterocycles. The number of hydrogen-bond acceptors (Lipinski definition) is 4. The highest BCUT2D eigenvalue weighted by atomic mass is 19.4. The Hall–Kier alpha value is -2.12. The van der Waals surface area contributed by atoms with Crippen LogP contribution in [0.1, 0.15) is 23.4 Å². The van der Waals surface area contributed by atoms with E-state index in [0.29, 0.717) is 6.42 Å². The molecule has 1 unspecified atom stereocenters. The molecule has 20 heavy (non-hydrogen) atoms. The van der Waals surface area contributed by atoms with E-state index in [1.807, 2.05) is 0 Å². The Morgan fingerprint density at radius 2 is 2.20 bits per heavy atom. The Balaban J connectivity index is 1.73. The minimum absolute atomic E-state index is 0.0109. The van der Waals surface area contributed by atoms with Gasteiger partial charge in [-0.3, -0.25) is 5.10 Å². The van der Waals surface area contributed by atoms with E-state index < -0.39 is 11.9 Å². The first kappa shape index (κ1) is 12.9. The Morgan fingerprint density at radius 3 is 3.00 bits per heavy atom. The number of alkyl halides is 3. The molecule has 2 heterocycles. The van der Waals surface area contributed by atoms with Crippen molar-refractivity contribution < 1.29 is 13.2 Å². The highest BCUT2D eigenvalue weighted by Gasteiger charge is 2.33. The van der Waals surface area contributed by atoms with Crippen molar-refractivity contribution in [2.75, 3.05) is 5.32 Å². The standard InChI is InChI=1S/C12H12F3N5/c13-12(14,15)10-3-4-16-11(19-10)18-8-1-2-9-7(5-8)6-17-20-9/h3-4,6,8H,1-2,5H2,(H,17,20)(H,16,18,19). The molecule has 0 aromatic carbocycles. The molecule has 8 heteroatoms. The van der Waals surface area contributed by atoms with Crippen LogP contribution in [0, 0.1) is 0 Å². The summed E-state index contributed by atoms with van der Waals surface area (Å²) in [5, 5.41) is 9.83. The number of aromatic nitrogens is 4. The number of fused-ring (bicyclic) bond motifs is 1. The van der Waals surface area contributed by atoms with Gasteiger partial charge in [-0.2, -0.15) is 18.3 Å². The number of nitrogens with zero attached hydrogens (tertiary/aromatic N) is 3. The van der Waals surface area contributed by atoms with Crippen molar-refractivity contribution in [2.45, 2.75) is 31.5 Å². The normalized spacial score (nSPS) is 18.6. The lowest BCUT2D eigenvalue weighted by Gasteiger charge is -2.22. The van der Waals surface area contributed by atoms with Gasteiger partial charge in [-0.1, -0.05) is 0 Å². The second-order valence-corrected chi connectivity index (χ2v) is 4.72. The lowest BCUT2D eigenvalue weighted by atomic mass is 9.94. The number of hydrogen-bond donors (Lipinski definition) is 2. The van der Waals surface area contributed by atoms with Crippen LogP contribution in [0.3, 0.4) is 0 Å². The lowest BCUT2D eigenvalue weighted by molar-refractivity contribution is -0.141. The molecular formula is C12H12F3N5. The van der Waals surface area contributed by atoms with Gasteiger partial charge in [0.05, 0.1) is 6.20 Å². The van der Waals surface area contributed by atoms with Gasteiger partial charge in [-0.15, -0.1) is 0 Å². The number of H-pyrrole nitrogens is 1. The van der Waals surface area contributed by atoms with Gasteiger partial charge in [-0.05, 0) is 30.9 Å². The maximum Gasteiger partial charge on any atom is 0.433 e. The molecule has 1 aliphatic rings. The molecule has 0 spiro atoms. The Morgan fingerprint density at radius 1 is 1.35 bits per heavy atom. The summed E-state index contributed by atoms with van der Waals surface area (Å²) in [7, 11) is 0. The van der Waals surface area contributed by atoms with Crippen molar-refractivity contribution in [2.24, 2.45) is 0 Å². The van der Waals surface area contributed by atoms with Gasteiger partial charge in [0.1, 0.15) is 5.69 Å². The summed E-state index contributed by atoms with van der Waals surface area (Å²) in [6.45, 7) is 0. The predicted molar refractivity (Wildman–Crippen MR) is 65.1 cm³/mol. The fraction of sp³-hybridized carbons (Fsp3) is 0.417. The largest absolute Gasteiger partial charge is 0.433 e. The van der Waals surface area contributed by atoms with Crippen molar-refractivity contribution in [3.63, 3.8) is 0 Å². The SMILES string of the molecule is FC(F)(F)c1ccnc(NC2CCc3[nH]ncc3C2)n1. The Labute approximate surface area is 112 Å². The predicted octanol–water partition coefficient (Wildman–Crippen LogP) is 2.19. The molecule has 0 saturated carbocycles. The maximum atomic E-state index is 12.6. The molecule has 0 bridgehead atoms. The molecule has 0 amide bonds. The molecule has 1 atom stereocenters. The molecule has 1 aliphatic carbocycles. The zero-order valence-electron chi connectivity index (χ0n) is 10.4. The number of halogens is 3. The quantitative estimate of drug-likeness (QED) is 0.886. The van der Waals surface area contributed by atoms with Crippen molar-refractivity contribution in [3.8, 4) is 0 Å². The van der Waals surface area contributed by atoms with Gasteiger partial charge < -0.3 is 5.32 Å². The molecule has 5 nitrogen and oxygen atoms in total. The van der Waals surface area contributed by atoms with Gasteiger partial charge in [0.2, 0.25) is 5.95 Å². The lowest BCUT2D eigenvalue weighted by Crippen LogP contribution is -2.28. The number of rotatable bonds is 2. The molecular weight excluding hydrogens is 271 g/mol. The minimum atomic E-state index is -4.45. The van der Waals surface area contributed by atoms with Crippen molar-refractivity contribution in [1.82, 2.24) is 20.2 Å². The number of nitrogens with one attached hydrogen (secondary N) is 2. The van der Waals surface area contributed by atoms with E-state index >= 15 is 0 Å². The first-order valence-corrected chi connectivity index (χ1v) is 6.20. The molecule has 0 saturated heterocycles. The monoisotopic (exact) mass is 283 g/mol. The average Bonchev–Trinajstić information content (AvgIpc) is 2.85. The summed E-state index contributed by atoms with van der Waals surface area (Å²) in [5.41, 5.74) is 1.24. The molecule has 2 N–H and O–H groups in total. The van der Waals surface area contributed by atoms with Crippen LogP contribution in [0.5, 0.6) is 0 Å². The van der Waals surface area contributed by atoms with Gasteiger partial charge in [0.25, 0.3) is 0 Å². The highest BCUT2D eigenvalue weighted by Crippen LogP contribution is 2.28. The van der Waals surface area contributed by atoms with E-state index in [0.717, 1.165) is 36.4 Å². The van der Waals surface area contributed by atoms with E-state index in [1.165, 1.54) is 0 Å². The zero-order valence-corrected chi connectivity index (χ0v) is 10.4. The Bertz CT molecular complexity index is 607. The molecule has 2 aromatic heterocycles. The van der Waals surface area contributed by atoms with Gasteiger partial charge in [0, 0.05) is 17.9 Å². The van der Waals surface area contributed by atoms with Crippen LogP contribution in [-0.2, 0) is 19.0 Å². The van der Waals surface area contributed by atoms with E-state index in [1.54, 1.807) is 6.20 Å². The summed E-state index contributed by atoms with van der Waals surface area (Å²) in [6.07, 6.45) is 0.719. The van der Waals surface area contributed by atoms with E-state index in [4.69, 9.17) is 0 Å². The van der Waals surface area contributed by atoms with E-state index in [2.05, 4.69) is 25.5 Å². The van der Waals surface area contributed by atoms with Crippen molar-refractivity contribution in [3.05, 3.63) is 35.4 Å². The van der Waals surface area contributed by atoms with Crippen LogP contribution in [0.4, 0.5) is 19.1 Å². The first-order chi connectivity index (χ1) is 9.52. The third kappa shape index (κ3) is 2.59. The summed E-state index contributed by atoms with van der Waals surface area (Å²) < 4.78 is 37.7. The Kier molecular flexibility index (Phi) is 3.07. The fourth-order valence-electron chi connectivity index (χ4n) is 2.31. The molecule has 106 valence electrons. The fourth-order valence-corrected chi connectivity index (χ4v) is 2.31. The third-order valence-electron chi connectivity index (χ3n) is 3.30. The smallest absolute Gasteiger partial charge is 0.351 e. The maximum absolute atomic E-state index is 12.6. The van der Waals surface area contributed by atoms with E-state index in [9.17, 15) is 13.2 Å². The van der Waals surface area contributed by atoms with Crippen LogP contribution in [-0.4, -0.2) is 26.2 Å². The summed E-state index contributed by atoms with van der Waals surface area (Å²) >= 11 is 0. The minimum Gasteiger partial charge on any atom is -0.351 e. The zero-order chi connectivity index (χ0) is 14.2. The molecule has 0 fully saturated rings. The second kappa shape index (κ2) is 4.77. The van der Waals surface area contributed by atoms with Crippen LogP contribution < -0.4 is 5.32 Å².